The summed E-state index contributed by atoms with van der Waals surface area (Å²) in [5, 5.41) is 11.8. The van der Waals surface area contributed by atoms with Gasteiger partial charge in [-0.3, -0.25) is 4.99 Å². The molecule has 2 unspecified atom stereocenters. The normalized spacial score (nSPS) is 24.9. The highest BCUT2D eigenvalue weighted by molar-refractivity contribution is 6.07. The lowest BCUT2D eigenvalue weighted by Gasteiger charge is -2.34. The number of halogens is 2. The van der Waals surface area contributed by atoms with Gasteiger partial charge in [0.15, 0.2) is 0 Å². The lowest BCUT2D eigenvalue weighted by molar-refractivity contribution is -0.0495. The van der Waals surface area contributed by atoms with Crippen LogP contribution in [-0.4, -0.2) is 44.3 Å². The number of nitrogens with zero attached hydrogens (tertiary/aromatic N) is 5. The number of hydrogen-bond donors (Lipinski definition) is 2. The Hall–Kier alpha value is -3.10. The van der Waals surface area contributed by atoms with E-state index in [1.54, 1.807) is 10.7 Å². The van der Waals surface area contributed by atoms with E-state index in [-0.39, 0.29) is 24.8 Å². The Bertz CT molecular complexity index is 1260. The Labute approximate surface area is 216 Å². The Morgan fingerprint density at radius 3 is 2.78 bits per heavy atom. The summed E-state index contributed by atoms with van der Waals surface area (Å²) in [5.74, 6) is -1.20. The second kappa shape index (κ2) is 9.65. The maximum absolute atomic E-state index is 14.0. The topological polar surface area (TPSA) is 79.5 Å². The molecule has 2 N–H and O–H groups in total. The first-order valence-corrected chi connectivity index (χ1v) is 13.6. The maximum Gasteiger partial charge on any atom is 0.250 e. The van der Waals surface area contributed by atoms with Crippen LogP contribution in [0.5, 0.6) is 0 Å². The molecule has 6 rings (SSSR count). The lowest BCUT2D eigenvalue weighted by atomic mass is 9.80. The quantitative estimate of drug-likeness (QED) is 0.529. The van der Waals surface area contributed by atoms with E-state index in [9.17, 15) is 8.78 Å². The molecule has 0 amide bonds. The van der Waals surface area contributed by atoms with Crippen molar-refractivity contribution in [1.82, 2.24) is 30.2 Å². The fourth-order valence-corrected chi connectivity index (χ4v) is 5.98. The summed E-state index contributed by atoms with van der Waals surface area (Å²) in [6.07, 6.45) is 11.8. The molecular weight excluding hydrogens is 472 g/mol. The molecule has 2 aliphatic carbocycles. The zero-order chi connectivity index (χ0) is 25.6. The summed E-state index contributed by atoms with van der Waals surface area (Å²) >= 11 is 0. The van der Waals surface area contributed by atoms with Gasteiger partial charge in [0.25, 0.3) is 5.78 Å². The molecule has 4 aliphatic rings. The largest absolute Gasteiger partial charge is 0.389 e. The van der Waals surface area contributed by atoms with E-state index in [4.69, 9.17) is 10.1 Å². The molecule has 4 heterocycles. The van der Waals surface area contributed by atoms with Gasteiger partial charge in [-0.25, -0.2) is 23.3 Å². The number of piperidine rings is 1. The number of alkyl halides is 2. The summed E-state index contributed by atoms with van der Waals surface area (Å²) in [4.78, 5) is 14.1. The molecule has 0 spiro atoms. The van der Waals surface area contributed by atoms with Crippen molar-refractivity contribution in [1.29, 1.82) is 0 Å². The number of aliphatic imine (C=N–C) groups is 1. The average Bonchev–Trinajstić information content (AvgIpc) is 3.44. The number of imidazole rings is 1. The first kappa shape index (κ1) is 24.2. The van der Waals surface area contributed by atoms with Gasteiger partial charge >= 0.3 is 0 Å². The van der Waals surface area contributed by atoms with Crippen molar-refractivity contribution in [3.63, 3.8) is 0 Å². The van der Waals surface area contributed by atoms with Gasteiger partial charge in [-0.15, -0.1) is 0 Å². The fourth-order valence-electron chi connectivity index (χ4n) is 5.98. The lowest BCUT2D eigenvalue weighted by Crippen LogP contribution is -2.34. The number of rotatable bonds is 8. The molecule has 9 heteroatoms. The van der Waals surface area contributed by atoms with Crippen LogP contribution in [0.2, 0.25) is 0 Å². The zero-order valence-corrected chi connectivity index (χ0v) is 21.2. The molecule has 0 bridgehead atoms. The molecule has 2 aliphatic heterocycles. The zero-order valence-electron chi connectivity index (χ0n) is 21.2. The Balaban J connectivity index is 1.25. The van der Waals surface area contributed by atoms with Crippen molar-refractivity contribution in [2.24, 2.45) is 22.7 Å². The first-order valence-electron chi connectivity index (χ1n) is 13.6. The van der Waals surface area contributed by atoms with E-state index < -0.39 is 5.92 Å². The van der Waals surface area contributed by atoms with Gasteiger partial charge in [0.05, 0.1) is 36.4 Å². The maximum atomic E-state index is 14.0. The number of nitrogens with one attached hydrogen (secondary N) is 2. The summed E-state index contributed by atoms with van der Waals surface area (Å²) in [6, 6.07) is -0.250. The minimum absolute atomic E-state index is 0.0145. The minimum atomic E-state index is -2.59. The number of allylic oxidation sites excluding steroid dienone is 2. The Kier molecular flexibility index (Phi) is 6.32. The van der Waals surface area contributed by atoms with Crippen molar-refractivity contribution < 1.29 is 8.78 Å². The van der Waals surface area contributed by atoms with Gasteiger partial charge in [0, 0.05) is 60.3 Å². The van der Waals surface area contributed by atoms with Crippen LogP contribution in [0.3, 0.4) is 0 Å². The molecular formula is C28H35F2N7. The van der Waals surface area contributed by atoms with Gasteiger partial charge in [0.1, 0.15) is 0 Å². The van der Waals surface area contributed by atoms with Crippen LogP contribution < -0.4 is 10.6 Å². The van der Waals surface area contributed by atoms with Crippen molar-refractivity contribution >= 4 is 11.5 Å². The third-order valence-electron chi connectivity index (χ3n) is 8.29. The molecule has 0 radical (unpaired) electrons. The predicted octanol–water partition coefficient (Wildman–Crippen LogP) is 4.94. The van der Waals surface area contributed by atoms with E-state index in [2.05, 4.69) is 39.8 Å². The second-order valence-corrected chi connectivity index (χ2v) is 11.1. The van der Waals surface area contributed by atoms with Gasteiger partial charge in [-0.1, -0.05) is 19.2 Å². The summed E-state index contributed by atoms with van der Waals surface area (Å²) in [7, 11) is 0. The smallest absolute Gasteiger partial charge is 0.250 e. The molecule has 7 nitrogen and oxygen atoms in total. The minimum Gasteiger partial charge on any atom is -0.389 e. The van der Waals surface area contributed by atoms with Gasteiger partial charge in [0.2, 0.25) is 5.92 Å². The SMILES string of the molecule is C=C(NC(c1cn2nc(CC3CCCNC3=C)cnc2n1)C1CCC(F)(F)CC1)C1=CCN=C1C1CC1. The average molecular weight is 508 g/mol. The summed E-state index contributed by atoms with van der Waals surface area (Å²) in [6.45, 7) is 10.2. The van der Waals surface area contributed by atoms with Gasteiger partial charge in [-0.2, -0.15) is 5.10 Å². The highest BCUT2D eigenvalue weighted by Crippen LogP contribution is 2.42. The van der Waals surface area contributed by atoms with Gasteiger partial charge in [-0.05, 0) is 44.4 Å². The standard InChI is InChI=1S/C28H35F2N7/c1-17-21(4-3-12-31-17)14-22-15-33-27-35-24(16-37(27)36-22)26(20-7-10-28(29,30)11-8-20)34-18(2)23-9-13-32-25(23)19-5-6-19/h9,15-16,19-21,26,31,34H,1-8,10-14H2. The van der Waals surface area contributed by atoms with E-state index in [0.29, 0.717) is 37.0 Å². The molecule has 196 valence electrons. The molecule has 1 saturated heterocycles. The molecule has 2 atom stereocenters. The molecule has 0 aromatic carbocycles. The number of aromatic nitrogens is 4. The molecule has 2 aromatic rings. The molecule has 37 heavy (non-hydrogen) atoms. The van der Waals surface area contributed by atoms with Crippen LogP contribution in [0, 0.1) is 17.8 Å². The van der Waals surface area contributed by atoms with E-state index >= 15 is 0 Å². The highest BCUT2D eigenvalue weighted by Gasteiger charge is 2.40. The number of hydrogen-bond acceptors (Lipinski definition) is 6. The second-order valence-electron chi connectivity index (χ2n) is 11.1. The predicted molar refractivity (Wildman–Crippen MR) is 139 cm³/mol. The van der Waals surface area contributed by atoms with Crippen molar-refractivity contribution in [2.75, 3.05) is 13.1 Å². The Morgan fingerprint density at radius 2 is 2.03 bits per heavy atom. The van der Waals surface area contributed by atoms with Crippen molar-refractivity contribution in [2.45, 2.75) is 69.8 Å². The molecule has 3 fully saturated rings. The molecule has 2 saturated carbocycles. The highest BCUT2D eigenvalue weighted by atomic mass is 19.3. The van der Waals surface area contributed by atoms with Crippen LogP contribution in [-0.2, 0) is 6.42 Å². The van der Waals surface area contributed by atoms with Crippen molar-refractivity contribution in [3.05, 3.63) is 60.0 Å². The van der Waals surface area contributed by atoms with Crippen LogP contribution in [0.15, 0.2) is 53.6 Å². The Morgan fingerprint density at radius 1 is 1.22 bits per heavy atom. The van der Waals surface area contributed by atoms with E-state index in [0.717, 1.165) is 59.9 Å². The van der Waals surface area contributed by atoms with Crippen molar-refractivity contribution in [3.8, 4) is 0 Å². The van der Waals surface area contributed by atoms with Gasteiger partial charge < -0.3 is 10.6 Å². The van der Waals surface area contributed by atoms with E-state index in [1.807, 2.05) is 6.20 Å². The number of fused-ring (bicyclic) bond motifs is 1. The first-order chi connectivity index (χ1) is 17.9. The third kappa shape index (κ3) is 5.18. The van der Waals surface area contributed by atoms with Crippen LogP contribution in [0.1, 0.15) is 68.8 Å². The van der Waals surface area contributed by atoms with Crippen LogP contribution >= 0.6 is 0 Å². The molecule has 2 aromatic heterocycles. The summed E-state index contributed by atoms with van der Waals surface area (Å²) in [5.41, 5.74) is 5.71. The van der Waals surface area contributed by atoms with Crippen LogP contribution in [0.4, 0.5) is 8.78 Å². The summed E-state index contributed by atoms with van der Waals surface area (Å²) < 4.78 is 29.8. The monoisotopic (exact) mass is 507 g/mol. The fraction of sp³-hybridized carbons (Fsp3) is 0.571. The van der Waals surface area contributed by atoms with E-state index in [1.165, 1.54) is 12.8 Å². The van der Waals surface area contributed by atoms with Crippen LogP contribution in [0.25, 0.3) is 5.78 Å². The third-order valence-corrected chi connectivity index (χ3v) is 8.29.